The minimum absolute atomic E-state index is 0.668. The Morgan fingerprint density at radius 1 is 1.19 bits per heavy atom. The molecule has 0 amide bonds. The van der Waals surface area contributed by atoms with E-state index in [4.69, 9.17) is 5.84 Å². The zero-order valence-corrected chi connectivity index (χ0v) is 9.63. The third-order valence-corrected chi connectivity index (χ3v) is 3.09. The lowest BCUT2D eigenvalue weighted by Crippen LogP contribution is -2.10. The fourth-order valence-electron chi connectivity index (χ4n) is 1.38. The maximum atomic E-state index is 5.29. The zero-order valence-electron chi connectivity index (χ0n) is 8.81. The highest BCUT2D eigenvalue weighted by Crippen LogP contribution is 2.11. The van der Waals surface area contributed by atoms with Crippen LogP contribution >= 0.6 is 11.3 Å². The van der Waals surface area contributed by atoms with Crippen molar-refractivity contribution in [3.63, 3.8) is 0 Å². The lowest BCUT2D eigenvalue weighted by molar-refractivity contribution is 1.03. The maximum absolute atomic E-state index is 5.29. The van der Waals surface area contributed by atoms with E-state index >= 15 is 0 Å². The number of aromatic nitrogens is 1. The van der Waals surface area contributed by atoms with Crippen LogP contribution in [0.1, 0.15) is 4.88 Å². The Hall–Kier alpha value is -1.59. The lowest BCUT2D eigenvalue weighted by Gasteiger charge is -2.06. The second-order valence-corrected chi connectivity index (χ2v) is 4.34. The van der Waals surface area contributed by atoms with E-state index in [-0.39, 0.29) is 0 Å². The number of hydrogen-bond acceptors (Lipinski definition) is 5. The molecule has 2 aromatic heterocycles. The van der Waals surface area contributed by atoms with Gasteiger partial charge in [0.25, 0.3) is 0 Å². The summed E-state index contributed by atoms with van der Waals surface area (Å²) in [5, 5.41) is 5.35. The first kappa shape index (κ1) is 10.9. The second-order valence-electron chi connectivity index (χ2n) is 3.31. The van der Waals surface area contributed by atoms with Crippen LogP contribution in [0.3, 0.4) is 0 Å². The molecule has 0 radical (unpaired) electrons. The largest absolute Gasteiger partial charge is 0.370 e. The molecule has 0 bridgehead atoms. The Morgan fingerprint density at radius 3 is 2.81 bits per heavy atom. The predicted molar refractivity (Wildman–Crippen MR) is 68.6 cm³/mol. The van der Waals surface area contributed by atoms with Crippen LogP contribution in [0.5, 0.6) is 0 Å². The number of hydrogen-bond donors (Lipinski definition) is 3. The van der Waals surface area contributed by atoms with E-state index < -0.39 is 0 Å². The van der Waals surface area contributed by atoms with Crippen molar-refractivity contribution in [3.05, 3.63) is 40.6 Å². The summed E-state index contributed by atoms with van der Waals surface area (Å²) in [5.41, 5.74) is 2.52. The first-order chi connectivity index (χ1) is 7.88. The van der Waals surface area contributed by atoms with Gasteiger partial charge in [-0.25, -0.2) is 10.8 Å². The summed E-state index contributed by atoms with van der Waals surface area (Å²) in [4.78, 5) is 5.64. The van der Waals surface area contributed by atoms with Gasteiger partial charge in [0, 0.05) is 11.4 Å². The van der Waals surface area contributed by atoms with E-state index in [1.807, 2.05) is 18.2 Å². The fraction of sp³-hybridized carbons (Fsp3) is 0.182. The number of rotatable bonds is 5. The van der Waals surface area contributed by atoms with Crippen molar-refractivity contribution in [2.45, 2.75) is 6.42 Å². The molecule has 84 valence electrons. The molecule has 0 aliphatic carbocycles. The molecule has 0 saturated heterocycles. The Bertz CT molecular complexity index is 427. The number of thiophene rings is 1. The smallest absolute Gasteiger partial charge is 0.142 e. The molecule has 0 unspecified atom stereocenters. The molecular weight excluding hydrogens is 220 g/mol. The van der Waals surface area contributed by atoms with Crippen LogP contribution in [-0.2, 0) is 6.42 Å². The van der Waals surface area contributed by atoms with Gasteiger partial charge >= 0.3 is 0 Å². The van der Waals surface area contributed by atoms with Crippen LogP contribution in [0.25, 0.3) is 0 Å². The topological polar surface area (TPSA) is 63.0 Å². The minimum Gasteiger partial charge on any atom is -0.370 e. The molecule has 0 fully saturated rings. The Labute approximate surface area is 98.5 Å². The van der Waals surface area contributed by atoms with Crippen LogP contribution in [0, 0.1) is 0 Å². The highest BCUT2D eigenvalue weighted by Gasteiger charge is 1.96. The van der Waals surface area contributed by atoms with E-state index in [1.165, 1.54) is 4.88 Å². The SMILES string of the molecule is NNc1cccc(NCCc2cccs2)n1. The molecule has 0 atom stereocenters. The average molecular weight is 234 g/mol. The fourth-order valence-corrected chi connectivity index (χ4v) is 2.09. The minimum atomic E-state index is 0.668. The van der Waals surface area contributed by atoms with Gasteiger partial charge in [0.2, 0.25) is 0 Å². The summed E-state index contributed by atoms with van der Waals surface area (Å²) in [6.45, 7) is 0.877. The Morgan fingerprint density at radius 2 is 2.06 bits per heavy atom. The Kier molecular flexibility index (Phi) is 3.74. The summed E-state index contributed by atoms with van der Waals surface area (Å²) in [6, 6.07) is 9.87. The normalized spacial score (nSPS) is 10.1. The van der Waals surface area contributed by atoms with Crippen LogP contribution in [-0.4, -0.2) is 11.5 Å². The van der Waals surface area contributed by atoms with Gasteiger partial charge in [0.05, 0.1) is 0 Å². The lowest BCUT2D eigenvalue weighted by atomic mass is 10.3. The molecule has 2 heterocycles. The van der Waals surface area contributed by atoms with Gasteiger partial charge in [-0.05, 0) is 30.0 Å². The number of nitrogens with zero attached hydrogens (tertiary/aromatic N) is 1. The van der Waals surface area contributed by atoms with Gasteiger partial charge in [-0.3, -0.25) is 0 Å². The molecule has 0 spiro atoms. The molecule has 5 heteroatoms. The quantitative estimate of drug-likeness (QED) is 0.547. The van der Waals surface area contributed by atoms with E-state index in [9.17, 15) is 0 Å². The van der Waals surface area contributed by atoms with Gasteiger partial charge in [0.1, 0.15) is 11.6 Å². The summed E-state index contributed by atoms with van der Waals surface area (Å²) >= 11 is 1.77. The number of nitrogens with one attached hydrogen (secondary N) is 2. The molecule has 0 aliphatic heterocycles. The van der Waals surface area contributed by atoms with Gasteiger partial charge in [-0.2, -0.15) is 0 Å². The molecule has 2 rings (SSSR count). The second kappa shape index (κ2) is 5.48. The van der Waals surface area contributed by atoms with Crippen LogP contribution in [0.2, 0.25) is 0 Å². The third-order valence-electron chi connectivity index (χ3n) is 2.15. The first-order valence-corrected chi connectivity index (χ1v) is 5.96. The molecule has 0 saturated carbocycles. The third kappa shape index (κ3) is 2.95. The number of nitrogens with two attached hydrogens (primary N) is 1. The zero-order chi connectivity index (χ0) is 11.2. The molecule has 4 N–H and O–H groups in total. The van der Waals surface area contributed by atoms with Crippen LogP contribution in [0.4, 0.5) is 11.6 Å². The van der Waals surface area contributed by atoms with Gasteiger partial charge in [-0.15, -0.1) is 11.3 Å². The number of hydrazine groups is 1. The van der Waals surface area contributed by atoms with Crippen molar-refractivity contribution in [2.24, 2.45) is 5.84 Å². The van der Waals surface area contributed by atoms with E-state index in [0.717, 1.165) is 18.8 Å². The number of nitrogen functional groups attached to an aromatic ring is 1. The summed E-state index contributed by atoms with van der Waals surface area (Å²) < 4.78 is 0. The highest BCUT2D eigenvalue weighted by atomic mass is 32.1. The van der Waals surface area contributed by atoms with Crippen molar-refractivity contribution in [3.8, 4) is 0 Å². The maximum Gasteiger partial charge on any atom is 0.142 e. The Balaban J connectivity index is 1.85. The van der Waals surface area contributed by atoms with E-state index in [1.54, 1.807) is 11.3 Å². The average Bonchev–Trinajstić information content (AvgIpc) is 2.82. The van der Waals surface area contributed by atoms with Crippen LogP contribution < -0.4 is 16.6 Å². The molecule has 2 aromatic rings. The summed E-state index contributed by atoms with van der Waals surface area (Å²) in [6.07, 6.45) is 1.01. The van der Waals surface area contributed by atoms with E-state index in [0.29, 0.717) is 5.82 Å². The van der Waals surface area contributed by atoms with Crippen molar-refractivity contribution in [1.82, 2.24) is 4.98 Å². The van der Waals surface area contributed by atoms with E-state index in [2.05, 4.69) is 33.2 Å². The van der Waals surface area contributed by atoms with Crippen molar-refractivity contribution in [1.29, 1.82) is 0 Å². The molecule has 4 nitrogen and oxygen atoms in total. The molecule has 0 aromatic carbocycles. The van der Waals surface area contributed by atoms with Crippen molar-refractivity contribution >= 4 is 23.0 Å². The number of pyridine rings is 1. The molecule has 16 heavy (non-hydrogen) atoms. The summed E-state index contributed by atoms with van der Waals surface area (Å²) in [5.74, 6) is 6.79. The number of anilines is 2. The predicted octanol–water partition coefficient (Wildman–Crippen LogP) is 2.08. The van der Waals surface area contributed by atoms with Gasteiger partial charge < -0.3 is 10.7 Å². The summed E-state index contributed by atoms with van der Waals surface area (Å²) in [7, 11) is 0. The standard InChI is InChI=1S/C11H14N4S/c12-15-11-5-1-4-10(14-11)13-7-6-9-3-2-8-16-9/h1-5,8H,6-7,12H2,(H2,13,14,15). The monoisotopic (exact) mass is 234 g/mol. The van der Waals surface area contributed by atoms with Gasteiger partial charge in [-0.1, -0.05) is 12.1 Å². The van der Waals surface area contributed by atoms with Crippen molar-refractivity contribution < 1.29 is 0 Å². The van der Waals surface area contributed by atoms with Crippen LogP contribution in [0.15, 0.2) is 35.7 Å². The molecular formula is C11H14N4S. The highest BCUT2D eigenvalue weighted by molar-refractivity contribution is 7.09. The van der Waals surface area contributed by atoms with Gasteiger partial charge in [0.15, 0.2) is 0 Å². The molecule has 0 aliphatic rings. The van der Waals surface area contributed by atoms with Crippen molar-refractivity contribution in [2.75, 3.05) is 17.3 Å². The first-order valence-electron chi connectivity index (χ1n) is 5.08.